The molecular weight excluding hydrogens is 316 g/mol. The van der Waals surface area contributed by atoms with E-state index >= 15 is 0 Å². The number of carbonyl (C=O) groups excluding carboxylic acids is 1. The van der Waals surface area contributed by atoms with Crippen molar-refractivity contribution in [2.45, 2.75) is 13.3 Å². The van der Waals surface area contributed by atoms with E-state index in [4.69, 9.17) is 9.47 Å². The second kappa shape index (κ2) is 7.11. The van der Waals surface area contributed by atoms with Crippen LogP contribution in [0, 0.1) is 5.41 Å². The molecule has 4 nitrogen and oxygen atoms in total. The van der Waals surface area contributed by atoms with Gasteiger partial charge in [0, 0.05) is 0 Å². The Kier molecular flexibility index (Phi) is 4.91. The Morgan fingerprint density at radius 3 is 2.08 bits per heavy atom. The van der Waals surface area contributed by atoms with Crippen molar-refractivity contribution in [3.8, 4) is 16.9 Å². The molecule has 2 aromatic carbocycles. The Hall–Kier alpha value is -2.59. The highest BCUT2D eigenvalue weighted by molar-refractivity contribution is 6.14. The molecule has 129 valence electrons. The van der Waals surface area contributed by atoms with E-state index in [1.807, 2.05) is 36.4 Å². The van der Waals surface area contributed by atoms with Crippen LogP contribution in [0.2, 0.25) is 0 Å². The van der Waals surface area contributed by atoms with Crippen LogP contribution < -0.4 is 4.74 Å². The molecule has 1 fully saturated rings. The predicted molar refractivity (Wildman–Crippen MR) is 95.6 cm³/mol. The van der Waals surface area contributed by atoms with Gasteiger partial charge in [-0.05, 0) is 35.2 Å². The first-order valence-corrected chi connectivity index (χ1v) is 8.35. The number of carbonyl (C=O) groups is 1. The minimum atomic E-state index is -1.25. The van der Waals surface area contributed by atoms with Gasteiger partial charge < -0.3 is 9.47 Å². The van der Waals surface area contributed by atoms with Crippen molar-refractivity contribution in [2.75, 3.05) is 19.8 Å². The first kappa shape index (κ1) is 17.2. The van der Waals surface area contributed by atoms with Gasteiger partial charge in [0.15, 0.2) is 0 Å². The van der Waals surface area contributed by atoms with Crippen LogP contribution in [0.25, 0.3) is 16.7 Å². The fourth-order valence-corrected chi connectivity index (χ4v) is 2.74. The lowest BCUT2D eigenvalue weighted by Gasteiger charge is -2.40. The van der Waals surface area contributed by atoms with E-state index < -0.39 is 5.97 Å². The topological polar surface area (TPSA) is 55.4 Å². The van der Waals surface area contributed by atoms with E-state index in [9.17, 15) is 9.90 Å². The average molecular weight is 337 g/mol. The summed E-state index contributed by atoms with van der Waals surface area (Å²) >= 11 is 0. The smallest absolute Gasteiger partial charge is 0.386 e. The molecule has 1 saturated heterocycles. The van der Waals surface area contributed by atoms with Crippen molar-refractivity contribution in [3.05, 3.63) is 60.7 Å². The van der Waals surface area contributed by atoms with Gasteiger partial charge in [-0.25, -0.2) is 9.90 Å². The Bertz CT molecular complexity index is 750. The molecule has 0 aliphatic carbocycles. The fourth-order valence-electron chi connectivity index (χ4n) is 2.74. The summed E-state index contributed by atoms with van der Waals surface area (Å²) in [5.74, 6) is -0.415. The quantitative estimate of drug-likeness (QED) is 0.714. The third-order valence-electron chi connectivity index (χ3n) is 4.78. The molecule has 1 heterocycles. The lowest BCUT2D eigenvalue weighted by molar-refractivity contribution is -0.136. The molecule has 1 radical (unpaired) electrons. The van der Waals surface area contributed by atoms with Crippen LogP contribution in [0.5, 0.6) is 5.75 Å². The summed E-state index contributed by atoms with van der Waals surface area (Å²) in [5, 5.41) is 10.8. The lowest BCUT2D eigenvalue weighted by atomic mass is 9.84. The summed E-state index contributed by atoms with van der Waals surface area (Å²) in [7, 11) is 0. The maximum absolute atomic E-state index is 10.8. The summed E-state index contributed by atoms with van der Waals surface area (Å²) in [5.41, 5.74) is 2.74. The third kappa shape index (κ3) is 3.74. The Labute approximate surface area is 147 Å². The van der Waals surface area contributed by atoms with Gasteiger partial charge in [-0.2, -0.15) is 0 Å². The van der Waals surface area contributed by atoms with E-state index in [1.54, 1.807) is 12.1 Å². The van der Waals surface area contributed by atoms with E-state index in [-0.39, 0.29) is 11.0 Å². The van der Waals surface area contributed by atoms with Gasteiger partial charge in [0.25, 0.3) is 0 Å². The molecule has 0 saturated carbocycles. The summed E-state index contributed by atoms with van der Waals surface area (Å²) < 4.78 is 11.2. The molecular formula is C21H21O4. The van der Waals surface area contributed by atoms with Crippen LogP contribution in [-0.2, 0) is 14.6 Å². The van der Waals surface area contributed by atoms with E-state index in [2.05, 4.69) is 13.5 Å². The molecule has 2 aromatic rings. The van der Waals surface area contributed by atoms with Crippen molar-refractivity contribution in [1.82, 2.24) is 0 Å². The van der Waals surface area contributed by atoms with Crippen LogP contribution >= 0.6 is 0 Å². The first-order valence-electron chi connectivity index (χ1n) is 8.35. The van der Waals surface area contributed by atoms with Crippen molar-refractivity contribution < 1.29 is 19.4 Å². The van der Waals surface area contributed by atoms with Crippen molar-refractivity contribution >= 4 is 11.5 Å². The van der Waals surface area contributed by atoms with E-state index in [1.165, 1.54) is 0 Å². The molecule has 0 aromatic heterocycles. The Balaban J connectivity index is 1.65. The second-order valence-electron chi connectivity index (χ2n) is 6.50. The summed E-state index contributed by atoms with van der Waals surface area (Å²) in [4.78, 5) is 10.8. The molecule has 0 N–H and O–H groups in total. The van der Waals surface area contributed by atoms with Crippen molar-refractivity contribution in [2.24, 2.45) is 5.41 Å². The Morgan fingerprint density at radius 2 is 1.64 bits per heavy atom. The van der Waals surface area contributed by atoms with Gasteiger partial charge in [0.1, 0.15) is 5.75 Å². The van der Waals surface area contributed by atoms with Gasteiger partial charge in [-0.15, -0.1) is 0 Å². The van der Waals surface area contributed by atoms with Gasteiger partial charge >= 0.3 is 5.97 Å². The second-order valence-corrected chi connectivity index (χ2v) is 6.50. The van der Waals surface area contributed by atoms with Crippen LogP contribution in [-0.4, -0.2) is 25.8 Å². The minimum Gasteiger partial charge on any atom is -0.493 e. The highest BCUT2D eigenvalue weighted by Crippen LogP contribution is 2.32. The van der Waals surface area contributed by atoms with Crippen molar-refractivity contribution in [3.63, 3.8) is 0 Å². The highest BCUT2D eigenvalue weighted by Gasteiger charge is 2.37. The molecule has 0 atom stereocenters. The van der Waals surface area contributed by atoms with Crippen molar-refractivity contribution in [1.29, 1.82) is 0 Å². The average Bonchev–Trinajstić information content (AvgIpc) is 2.61. The van der Waals surface area contributed by atoms with Crippen LogP contribution in [0.1, 0.15) is 18.9 Å². The monoisotopic (exact) mass is 337 g/mol. The van der Waals surface area contributed by atoms with E-state index in [0.717, 1.165) is 36.5 Å². The fraction of sp³-hybridized carbons (Fsp3) is 0.286. The highest BCUT2D eigenvalue weighted by atomic mass is 16.5. The Morgan fingerprint density at radius 1 is 1.08 bits per heavy atom. The minimum absolute atomic E-state index is 0.0138. The number of rotatable bonds is 7. The summed E-state index contributed by atoms with van der Waals surface area (Å²) in [6.45, 7) is 7.88. The largest absolute Gasteiger partial charge is 0.493 e. The summed E-state index contributed by atoms with van der Waals surface area (Å²) in [6, 6.07) is 15.1. The van der Waals surface area contributed by atoms with Gasteiger partial charge in [-0.1, -0.05) is 49.9 Å². The predicted octanol–water partition coefficient (Wildman–Crippen LogP) is 4.13. The molecule has 0 amide bonds. The molecule has 3 rings (SSSR count). The summed E-state index contributed by atoms with van der Waals surface area (Å²) in [6.07, 6.45) is 1.05. The van der Waals surface area contributed by atoms with E-state index in [0.29, 0.717) is 12.2 Å². The molecule has 4 heteroatoms. The zero-order valence-electron chi connectivity index (χ0n) is 14.3. The molecule has 25 heavy (non-hydrogen) atoms. The van der Waals surface area contributed by atoms with Gasteiger partial charge in [0.2, 0.25) is 0 Å². The van der Waals surface area contributed by atoms with Gasteiger partial charge in [0.05, 0.1) is 30.8 Å². The lowest BCUT2D eigenvalue weighted by Crippen LogP contribution is -2.46. The number of hydrogen-bond acceptors (Lipinski definition) is 3. The number of hydrogen-bond donors (Lipinski definition) is 0. The zero-order valence-corrected chi connectivity index (χ0v) is 14.3. The van der Waals surface area contributed by atoms with Crippen LogP contribution in [0.3, 0.4) is 0 Å². The number of benzene rings is 2. The normalized spacial score (nSPS) is 15.2. The van der Waals surface area contributed by atoms with Crippen LogP contribution in [0.15, 0.2) is 55.1 Å². The maximum Gasteiger partial charge on any atom is 0.386 e. The standard InChI is InChI=1S/C21H21O4/c1-3-21(12-24-13-21)14-25-19-10-8-18(9-11-19)17-6-4-16(5-7-17)15(2)20(22)23/h4-11H,2-3,12-14H2,1H3. The molecule has 0 unspecified atom stereocenters. The number of ether oxygens (including phenoxy) is 2. The third-order valence-corrected chi connectivity index (χ3v) is 4.78. The molecule has 1 aliphatic heterocycles. The zero-order chi connectivity index (χ0) is 17.9. The maximum atomic E-state index is 10.8. The van der Waals surface area contributed by atoms with Gasteiger partial charge in [-0.3, -0.25) is 0 Å². The first-order chi connectivity index (χ1) is 12.0. The van der Waals surface area contributed by atoms with Crippen LogP contribution in [0.4, 0.5) is 0 Å². The molecule has 0 bridgehead atoms. The molecule has 0 spiro atoms. The SMILES string of the molecule is C=C(C([O])=O)c1ccc(-c2ccc(OCC3(CC)COC3)cc2)cc1. The molecule has 1 aliphatic rings.